The van der Waals surface area contributed by atoms with Crippen LogP contribution in [0.5, 0.6) is 0 Å². The second-order valence-corrected chi connectivity index (χ2v) is 5.70. The minimum absolute atomic E-state index is 0.0394. The number of rotatable bonds is 2. The van der Waals surface area contributed by atoms with Gasteiger partial charge in [0.25, 0.3) is 0 Å². The molecule has 1 fully saturated rings. The van der Waals surface area contributed by atoms with Gasteiger partial charge in [-0.05, 0) is 43.5 Å². The third-order valence-corrected chi connectivity index (χ3v) is 4.10. The maximum Gasteiger partial charge on any atom is 0.416 e. The molecule has 0 saturated carbocycles. The SMILES string of the molecule is NCC1CCN(C(=O)Nc2cc(C(F)(F)F)ccc2Cl)CC1. The first-order valence-corrected chi connectivity index (χ1v) is 7.32. The Morgan fingerprint density at radius 3 is 2.55 bits per heavy atom. The lowest BCUT2D eigenvalue weighted by Gasteiger charge is -2.31. The topological polar surface area (TPSA) is 58.4 Å². The standard InChI is InChI=1S/C14H17ClF3N3O/c15-11-2-1-10(14(16,17)18)7-12(11)20-13(22)21-5-3-9(8-19)4-6-21/h1-2,7,9H,3-6,8,19H2,(H,20,22). The van der Waals surface area contributed by atoms with Crippen LogP contribution in [0, 0.1) is 5.92 Å². The number of likely N-dealkylation sites (tertiary alicyclic amines) is 1. The normalized spacial score (nSPS) is 16.7. The zero-order valence-electron chi connectivity index (χ0n) is 11.8. The smallest absolute Gasteiger partial charge is 0.330 e. The summed E-state index contributed by atoms with van der Waals surface area (Å²) in [5.74, 6) is 0.390. The van der Waals surface area contributed by atoms with E-state index in [9.17, 15) is 18.0 Å². The molecular weight excluding hydrogens is 319 g/mol. The number of nitrogens with two attached hydrogens (primary N) is 1. The van der Waals surface area contributed by atoms with E-state index in [-0.39, 0.29) is 10.7 Å². The summed E-state index contributed by atoms with van der Waals surface area (Å²) < 4.78 is 38.1. The van der Waals surface area contributed by atoms with Gasteiger partial charge in [-0.2, -0.15) is 13.2 Å². The van der Waals surface area contributed by atoms with Gasteiger partial charge in [-0.15, -0.1) is 0 Å². The quantitative estimate of drug-likeness (QED) is 0.868. The number of alkyl halides is 3. The number of urea groups is 1. The van der Waals surface area contributed by atoms with Crippen molar-refractivity contribution in [3.63, 3.8) is 0 Å². The lowest BCUT2D eigenvalue weighted by atomic mass is 9.97. The number of carbonyl (C=O) groups is 1. The number of anilines is 1. The van der Waals surface area contributed by atoms with Gasteiger partial charge in [0.15, 0.2) is 0 Å². The maximum absolute atomic E-state index is 12.7. The highest BCUT2D eigenvalue weighted by molar-refractivity contribution is 6.33. The van der Waals surface area contributed by atoms with E-state index < -0.39 is 17.8 Å². The summed E-state index contributed by atoms with van der Waals surface area (Å²) in [5.41, 5.74) is 4.69. The first-order chi connectivity index (χ1) is 10.3. The molecule has 0 unspecified atom stereocenters. The summed E-state index contributed by atoms with van der Waals surface area (Å²) in [6.07, 6.45) is -2.90. The molecule has 1 aliphatic rings. The predicted octanol–water partition coefficient (Wildman–Crippen LogP) is 3.56. The van der Waals surface area contributed by atoms with E-state index in [4.69, 9.17) is 17.3 Å². The zero-order valence-corrected chi connectivity index (χ0v) is 12.5. The predicted molar refractivity (Wildman–Crippen MR) is 78.8 cm³/mol. The number of amides is 2. The molecule has 0 bridgehead atoms. The molecule has 1 aromatic rings. The number of piperidine rings is 1. The Balaban J connectivity index is 2.05. The van der Waals surface area contributed by atoms with E-state index in [0.29, 0.717) is 25.6 Å². The van der Waals surface area contributed by atoms with Crippen molar-refractivity contribution in [3.05, 3.63) is 28.8 Å². The summed E-state index contributed by atoms with van der Waals surface area (Å²) in [5, 5.41) is 2.52. The fourth-order valence-electron chi connectivity index (χ4n) is 2.36. The zero-order chi connectivity index (χ0) is 16.3. The van der Waals surface area contributed by atoms with Gasteiger partial charge in [0.05, 0.1) is 16.3 Å². The molecule has 1 heterocycles. The Morgan fingerprint density at radius 2 is 2.00 bits per heavy atom. The van der Waals surface area contributed by atoms with Gasteiger partial charge in [0, 0.05) is 13.1 Å². The van der Waals surface area contributed by atoms with Crippen LogP contribution in [-0.4, -0.2) is 30.6 Å². The summed E-state index contributed by atoms with van der Waals surface area (Å²) in [6, 6.07) is 2.40. The molecule has 4 nitrogen and oxygen atoms in total. The van der Waals surface area contributed by atoms with E-state index in [2.05, 4.69) is 5.32 Å². The van der Waals surface area contributed by atoms with Crippen LogP contribution in [-0.2, 0) is 6.18 Å². The third-order valence-electron chi connectivity index (χ3n) is 3.77. The summed E-state index contributed by atoms with van der Waals surface area (Å²) >= 11 is 5.86. The number of carbonyl (C=O) groups excluding carboxylic acids is 1. The van der Waals surface area contributed by atoms with E-state index in [0.717, 1.165) is 31.0 Å². The second-order valence-electron chi connectivity index (χ2n) is 5.29. The molecule has 122 valence electrons. The van der Waals surface area contributed by atoms with Crippen molar-refractivity contribution < 1.29 is 18.0 Å². The third kappa shape index (κ3) is 4.04. The molecule has 0 aromatic heterocycles. The lowest BCUT2D eigenvalue weighted by molar-refractivity contribution is -0.137. The van der Waals surface area contributed by atoms with Gasteiger partial charge in [-0.1, -0.05) is 11.6 Å². The van der Waals surface area contributed by atoms with Crippen LogP contribution in [0.3, 0.4) is 0 Å². The van der Waals surface area contributed by atoms with Gasteiger partial charge in [0.1, 0.15) is 0 Å². The van der Waals surface area contributed by atoms with Crippen LogP contribution in [0.4, 0.5) is 23.7 Å². The van der Waals surface area contributed by atoms with Crippen LogP contribution in [0.2, 0.25) is 5.02 Å². The van der Waals surface area contributed by atoms with E-state index in [1.165, 1.54) is 0 Å². The summed E-state index contributed by atoms with van der Waals surface area (Å²) in [7, 11) is 0. The number of hydrogen-bond donors (Lipinski definition) is 2. The highest BCUT2D eigenvalue weighted by atomic mass is 35.5. The minimum Gasteiger partial charge on any atom is -0.330 e. The van der Waals surface area contributed by atoms with Crippen molar-refractivity contribution >= 4 is 23.3 Å². The number of benzene rings is 1. The number of nitrogens with one attached hydrogen (secondary N) is 1. The average Bonchev–Trinajstić information content (AvgIpc) is 2.48. The van der Waals surface area contributed by atoms with E-state index in [1.54, 1.807) is 4.90 Å². The van der Waals surface area contributed by atoms with Crippen LogP contribution >= 0.6 is 11.6 Å². The molecule has 2 rings (SSSR count). The number of halogens is 4. The van der Waals surface area contributed by atoms with Crippen molar-refractivity contribution in [2.24, 2.45) is 11.7 Å². The van der Waals surface area contributed by atoms with Crippen LogP contribution in [0.25, 0.3) is 0 Å². The van der Waals surface area contributed by atoms with Gasteiger partial charge in [0.2, 0.25) is 0 Å². The monoisotopic (exact) mass is 335 g/mol. The Bertz CT molecular complexity index is 543. The minimum atomic E-state index is -4.48. The van der Waals surface area contributed by atoms with Crippen molar-refractivity contribution in [2.75, 3.05) is 25.0 Å². The molecule has 2 amide bonds. The molecule has 0 spiro atoms. The largest absolute Gasteiger partial charge is 0.416 e. The van der Waals surface area contributed by atoms with Crippen molar-refractivity contribution in [2.45, 2.75) is 19.0 Å². The Labute approximate surface area is 131 Å². The fourth-order valence-corrected chi connectivity index (χ4v) is 2.53. The highest BCUT2D eigenvalue weighted by Crippen LogP contribution is 2.34. The Hall–Kier alpha value is -1.47. The van der Waals surface area contributed by atoms with Gasteiger partial charge < -0.3 is 16.0 Å². The van der Waals surface area contributed by atoms with Crippen molar-refractivity contribution in [1.82, 2.24) is 4.90 Å². The molecule has 1 aromatic carbocycles. The van der Waals surface area contributed by atoms with E-state index in [1.807, 2.05) is 0 Å². The molecule has 1 aliphatic heterocycles. The van der Waals surface area contributed by atoms with Gasteiger partial charge in [-0.25, -0.2) is 4.79 Å². The van der Waals surface area contributed by atoms with Crippen molar-refractivity contribution in [1.29, 1.82) is 0 Å². The molecule has 22 heavy (non-hydrogen) atoms. The highest BCUT2D eigenvalue weighted by Gasteiger charge is 2.31. The summed E-state index contributed by atoms with van der Waals surface area (Å²) in [4.78, 5) is 13.7. The maximum atomic E-state index is 12.7. The van der Waals surface area contributed by atoms with Gasteiger partial charge in [-0.3, -0.25) is 0 Å². The molecule has 3 N–H and O–H groups in total. The molecule has 0 atom stereocenters. The van der Waals surface area contributed by atoms with Crippen LogP contribution in [0.15, 0.2) is 18.2 Å². The first-order valence-electron chi connectivity index (χ1n) is 6.94. The molecule has 1 saturated heterocycles. The average molecular weight is 336 g/mol. The van der Waals surface area contributed by atoms with Gasteiger partial charge >= 0.3 is 12.2 Å². The molecule has 8 heteroatoms. The first kappa shape index (κ1) is 16.9. The second kappa shape index (κ2) is 6.75. The number of hydrogen-bond acceptors (Lipinski definition) is 2. The summed E-state index contributed by atoms with van der Waals surface area (Å²) in [6.45, 7) is 1.64. The van der Waals surface area contributed by atoms with E-state index >= 15 is 0 Å². The fraction of sp³-hybridized carbons (Fsp3) is 0.500. The molecule has 0 aliphatic carbocycles. The lowest BCUT2D eigenvalue weighted by Crippen LogP contribution is -2.42. The molecule has 0 radical (unpaired) electrons. The van der Waals surface area contributed by atoms with Crippen LogP contribution in [0.1, 0.15) is 18.4 Å². The number of nitrogens with zero attached hydrogens (tertiary/aromatic N) is 1. The van der Waals surface area contributed by atoms with Crippen LogP contribution < -0.4 is 11.1 Å². The Kier molecular flexibility index (Phi) is 5.18. The Morgan fingerprint density at radius 1 is 1.36 bits per heavy atom. The molecular formula is C14H17ClF3N3O. The van der Waals surface area contributed by atoms with Crippen molar-refractivity contribution in [3.8, 4) is 0 Å².